The van der Waals surface area contributed by atoms with Gasteiger partial charge in [-0.2, -0.15) is 4.98 Å². The van der Waals surface area contributed by atoms with E-state index in [1.54, 1.807) is 14.0 Å². The Morgan fingerprint density at radius 1 is 1.44 bits per heavy atom. The summed E-state index contributed by atoms with van der Waals surface area (Å²) in [5.41, 5.74) is 6.90. The minimum atomic E-state index is -0.396. The highest BCUT2D eigenvalue weighted by atomic mass is 16.5. The van der Waals surface area contributed by atoms with Crippen LogP contribution >= 0.6 is 0 Å². The molecule has 0 aliphatic heterocycles. The van der Waals surface area contributed by atoms with E-state index in [1.165, 1.54) is 0 Å². The van der Waals surface area contributed by atoms with Gasteiger partial charge < -0.3 is 15.0 Å². The van der Waals surface area contributed by atoms with Crippen LogP contribution in [-0.4, -0.2) is 17.3 Å². The molecule has 5 nitrogen and oxygen atoms in total. The molecule has 0 radical (unpaired) electrons. The van der Waals surface area contributed by atoms with Crippen LogP contribution in [0, 0.1) is 6.92 Å². The van der Waals surface area contributed by atoms with Gasteiger partial charge in [0.15, 0.2) is 5.82 Å². The van der Waals surface area contributed by atoms with E-state index < -0.39 is 6.04 Å². The highest BCUT2D eigenvalue weighted by Gasteiger charge is 2.15. The summed E-state index contributed by atoms with van der Waals surface area (Å²) in [4.78, 5) is 4.10. The summed E-state index contributed by atoms with van der Waals surface area (Å²) >= 11 is 0. The fraction of sp³-hybridized carbons (Fsp3) is 0.273. The fourth-order valence-electron chi connectivity index (χ4n) is 1.43. The number of hydrogen-bond donors (Lipinski definition) is 1. The molecule has 2 aromatic rings. The quantitative estimate of drug-likeness (QED) is 0.845. The van der Waals surface area contributed by atoms with Crippen LogP contribution < -0.4 is 10.5 Å². The van der Waals surface area contributed by atoms with Crippen molar-refractivity contribution in [3.05, 3.63) is 41.5 Å². The lowest BCUT2D eigenvalue weighted by Crippen LogP contribution is -2.13. The molecule has 5 heteroatoms. The van der Waals surface area contributed by atoms with Crippen molar-refractivity contribution in [2.75, 3.05) is 7.11 Å². The number of benzene rings is 1. The molecule has 2 rings (SSSR count). The van der Waals surface area contributed by atoms with Gasteiger partial charge >= 0.3 is 0 Å². The van der Waals surface area contributed by atoms with Gasteiger partial charge in [-0.05, 0) is 17.7 Å². The first kappa shape index (κ1) is 10.6. The van der Waals surface area contributed by atoms with E-state index in [1.807, 2.05) is 24.3 Å². The number of nitrogens with zero attached hydrogens (tertiary/aromatic N) is 2. The summed E-state index contributed by atoms with van der Waals surface area (Å²) in [7, 11) is 1.61. The predicted molar refractivity (Wildman–Crippen MR) is 58.1 cm³/mol. The van der Waals surface area contributed by atoms with Gasteiger partial charge in [0.05, 0.1) is 13.2 Å². The summed E-state index contributed by atoms with van der Waals surface area (Å²) in [5, 5.41) is 3.80. The van der Waals surface area contributed by atoms with Crippen molar-refractivity contribution in [1.82, 2.24) is 10.1 Å². The molecule has 1 unspecified atom stereocenters. The molecule has 2 N–H and O–H groups in total. The summed E-state index contributed by atoms with van der Waals surface area (Å²) in [6, 6.07) is 7.10. The van der Waals surface area contributed by atoms with E-state index in [4.69, 9.17) is 15.0 Å². The lowest BCUT2D eigenvalue weighted by molar-refractivity contribution is 0.385. The van der Waals surface area contributed by atoms with E-state index in [-0.39, 0.29) is 0 Å². The average Bonchev–Trinajstić information content (AvgIpc) is 2.75. The highest BCUT2D eigenvalue weighted by molar-refractivity contribution is 5.32. The van der Waals surface area contributed by atoms with Gasteiger partial charge in [0.2, 0.25) is 5.89 Å². The first-order valence-electron chi connectivity index (χ1n) is 4.90. The van der Waals surface area contributed by atoms with Crippen LogP contribution in [0.4, 0.5) is 0 Å². The maximum Gasteiger partial charge on any atom is 0.223 e. The Morgan fingerprint density at radius 2 is 2.25 bits per heavy atom. The van der Waals surface area contributed by atoms with Crippen LogP contribution in [0.15, 0.2) is 28.8 Å². The number of hydrogen-bond acceptors (Lipinski definition) is 5. The van der Waals surface area contributed by atoms with Crippen LogP contribution in [0.25, 0.3) is 0 Å². The van der Waals surface area contributed by atoms with E-state index >= 15 is 0 Å². The second-order valence-corrected chi connectivity index (χ2v) is 3.43. The maximum atomic E-state index is 6.01. The van der Waals surface area contributed by atoms with Crippen LogP contribution in [0.3, 0.4) is 0 Å². The zero-order valence-electron chi connectivity index (χ0n) is 9.18. The Kier molecular flexibility index (Phi) is 2.87. The first-order valence-corrected chi connectivity index (χ1v) is 4.90. The fourth-order valence-corrected chi connectivity index (χ4v) is 1.43. The summed E-state index contributed by atoms with van der Waals surface area (Å²) in [6.07, 6.45) is 0. The van der Waals surface area contributed by atoms with Gasteiger partial charge in [-0.25, -0.2) is 0 Å². The zero-order chi connectivity index (χ0) is 11.5. The molecule has 1 atom stereocenters. The molecule has 0 fully saturated rings. The molecular formula is C11H13N3O2. The monoisotopic (exact) mass is 219 g/mol. The molecular weight excluding hydrogens is 206 g/mol. The molecule has 0 saturated heterocycles. The van der Waals surface area contributed by atoms with Gasteiger partial charge in [-0.3, -0.25) is 0 Å². The van der Waals surface area contributed by atoms with Crippen molar-refractivity contribution in [3.8, 4) is 5.75 Å². The SMILES string of the molecule is COc1cccc(C(N)c2noc(C)n2)c1. The lowest BCUT2D eigenvalue weighted by Gasteiger charge is -2.08. The first-order chi connectivity index (χ1) is 7.70. The average molecular weight is 219 g/mol. The van der Waals surface area contributed by atoms with Crippen molar-refractivity contribution in [2.45, 2.75) is 13.0 Å². The summed E-state index contributed by atoms with van der Waals surface area (Å²) < 4.78 is 10.0. The summed E-state index contributed by atoms with van der Waals surface area (Å²) in [5.74, 6) is 1.74. The van der Waals surface area contributed by atoms with Crippen LogP contribution in [0.1, 0.15) is 23.3 Å². The van der Waals surface area contributed by atoms with Gasteiger partial charge in [-0.1, -0.05) is 17.3 Å². The molecule has 0 aliphatic rings. The standard InChI is InChI=1S/C11H13N3O2/c1-7-13-11(14-16-7)10(12)8-4-3-5-9(6-8)15-2/h3-6,10H,12H2,1-2H3. The minimum absolute atomic E-state index is 0.396. The Labute approximate surface area is 93.2 Å². The van der Waals surface area contributed by atoms with Gasteiger partial charge in [-0.15, -0.1) is 0 Å². The second kappa shape index (κ2) is 4.32. The number of methoxy groups -OCH3 is 1. The van der Waals surface area contributed by atoms with Crippen molar-refractivity contribution >= 4 is 0 Å². The van der Waals surface area contributed by atoms with E-state index in [0.717, 1.165) is 11.3 Å². The van der Waals surface area contributed by atoms with E-state index in [9.17, 15) is 0 Å². The Bertz CT molecular complexity index is 482. The largest absolute Gasteiger partial charge is 0.497 e. The number of aryl methyl sites for hydroxylation is 1. The normalized spacial score (nSPS) is 12.4. The second-order valence-electron chi connectivity index (χ2n) is 3.43. The molecule has 16 heavy (non-hydrogen) atoms. The van der Waals surface area contributed by atoms with Crippen molar-refractivity contribution in [2.24, 2.45) is 5.73 Å². The number of aromatic nitrogens is 2. The van der Waals surface area contributed by atoms with Gasteiger partial charge in [0.1, 0.15) is 5.75 Å². The van der Waals surface area contributed by atoms with Crippen molar-refractivity contribution in [1.29, 1.82) is 0 Å². The van der Waals surface area contributed by atoms with Crippen LogP contribution in [0.5, 0.6) is 5.75 Å². The molecule has 0 aliphatic carbocycles. The molecule has 84 valence electrons. The Balaban J connectivity index is 2.29. The minimum Gasteiger partial charge on any atom is -0.497 e. The number of rotatable bonds is 3. The molecule has 0 bridgehead atoms. The lowest BCUT2D eigenvalue weighted by atomic mass is 10.1. The summed E-state index contributed by atoms with van der Waals surface area (Å²) in [6.45, 7) is 1.73. The Hall–Kier alpha value is -1.88. The highest BCUT2D eigenvalue weighted by Crippen LogP contribution is 2.21. The van der Waals surface area contributed by atoms with Gasteiger partial charge in [0, 0.05) is 6.92 Å². The Morgan fingerprint density at radius 3 is 2.88 bits per heavy atom. The van der Waals surface area contributed by atoms with Crippen LogP contribution in [-0.2, 0) is 0 Å². The predicted octanol–water partition coefficient (Wildman–Crippen LogP) is 1.43. The molecule has 1 aromatic carbocycles. The zero-order valence-corrected chi connectivity index (χ0v) is 9.18. The molecule has 0 saturated carbocycles. The topological polar surface area (TPSA) is 74.2 Å². The maximum absolute atomic E-state index is 6.01. The van der Waals surface area contributed by atoms with Crippen LogP contribution in [0.2, 0.25) is 0 Å². The number of ether oxygens (including phenoxy) is 1. The van der Waals surface area contributed by atoms with E-state index in [0.29, 0.717) is 11.7 Å². The molecule has 1 heterocycles. The van der Waals surface area contributed by atoms with Crippen molar-refractivity contribution in [3.63, 3.8) is 0 Å². The van der Waals surface area contributed by atoms with Crippen molar-refractivity contribution < 1.29 is 9.26 Å². The smallest absolute Gasteiger partial charge is 0.223 e. The third-order valence-corrected chi connectivity index (χ3v) is 2.27. The van der Waals surface area contributed by atoms with Gasteiger partial charge in [0.25, 0.3) is 0 Å². The number of nitrogens with two attached hydrogens (primary N) is 1. The molecule has 1 aromatic heterocycles. The molecule has 0 spiro atoms. The third kappa shape index (κ3) is 2.04. The third-order valence-electron chi connectivity index (χ3n) is 2.27. The molecule has 0 amide bonds. The van der Waals surface area contributed by atoms with E-state index in [2.05, 4.69) is 10.1 Å².